The first kappa shape index (κ1) is 14.0. The molecular weight excluding hydrogens is 256 g/mol. The van der Waals surface area contributed by atoms with Gasteiger partial charge in [0.05, 0.1) is 19.4 Å². The second-order valence-corrected chi connectivity index (χ2v) is 4.13. The molecule has 1 heterocycles. The second kappa shape index (κ2) is 6.65. The standard InChI is InChI=1S/C15H16N2O3/c1-3-10-20-12-6-4-11(5-7-12)13-8-9-16-14(17-13)15(18)19-2/h4-9H,3,10H2,1-2H3. The van der Waals surface area contributed by atoms with E-state index in [2.05, 4.69) is 21.6 Å². The molecule has 0 bridgehead atoms. The van der Waals surface area contributed by atoms with Gasteiger partial charge < -0.3 is 9.47 Å². The van der Waals surface area contributed by atoms with E-state index in [1.165, 1.54) is 13.3 Å². The summed E-state index contributed by atoms with van der Waals surface area (Å²) < 4.78 is 10.1. The van der Waals surface area contributed by atoms with E-state index in [0.29, 0.717) is 12.3 Å². The first-order chi connectivity index (χ1) is 9.74. The molecule has 5 heteroatoms. The van der Waals surface area contributed by atoms with Crippen LogP contribution in [0.5, 0.6) is 5.75 Å². The molecule has 0 fully saturated rings. The van der Waals surface area contributed by atoms with E-state index in [9.17, 15) is 4.79 Å². The summed E-state index contributed by atoms with van der Waals surface area (Å²) in [7, 11) is 1.30. The van der Waals surface area contributed by atoms with Crippen LogP contribution in [-0.4, -0.2) is 29.7 Å². The summed E-state index contributed by atoms with van der Waals surface area (Å²) in [4.78, 5) is 19.5. The summed E-state index contributed by atoms with van der Waals surface area (Å²) in [5.74, 6) is 0.323. The highest BCUT2D eigenvalue weighted by Crippen LogP contribution is 2.20. The Morgan fingerprint density at radius 1 is 1.20 bits per heavy atom. The summed E-state index contributed by atoms with van der Waals surface area (Å²) in [6, 6.07) is 9.30. The molecule has 0 atom stereocenters. The van der Waals surface area contributed by atoms with Crippen LogP contribution in [0.1, 0.15) is 24.0 Å². The number of rotatable bonds is 5. The molecule has 0 amide bonds. The van der Waals surface area contributed by atoms with Crippen molar-refractivity contribution in [3.63, 3.8) is 0 Å². The smallest absolute Gasteiger partial charge is 0.376 e. The molecule has 0 aliphatic carbocycles. The van der Waals surface area contributed by atoms with Gasteiger partial charge >= 0.3 is 5.97 Å². The Kier molecular flexibility index (Phi) is 4.65. The molecule has 0 saturated heterocycles. The predicted molar refractivity (Wildman–Crippen MR) is 74.6 cm³/mol. The summed E-state index contributed by atoms with van der Waals surface area (Å²) in [6.07, 6.45) is 2.51. The molecule has 0 unspecified atom stereocenters. The lowest BCUT2D eigenvalue weighted by Crippen LogP contribution is -2.07. The number of methoxy groups -OCH3 is 1. The highest BCUT2D eigenvalue weighted by Gasteiger charge is 2.10. The van der Waals surface area contributed by atoms with Crippen LogP contribution in [-0.2, 0) is 4.74 Å². The quantitative estimate of drug-likeness (QED) is 0.783. The molecule has 1 aromatic carbocycles. The van der Waals surface area contributed by atoms with E-state index in [1.807, 2.05) is 24.3 Å². The molecule has 104 valence electrons. The highest BCUT2D eigenvalue weighted by molar-refractivity contribution is 5.85. The Balaban J connectivity index is 2.21. The lowest BCUT2D eigenvalue weighted by Gasteiger charge is -2.06. The SMILES string of the molecule is CCCOc1ccc(-c2ccnc(C(=O)OC)n2)cc1. The van der Waals surface area contributed by atoms with Crippen molar-refractivity contribution in [2.75, 3.05) is 13.7 Å². The van der Waals surface area contributed by atoms with Crippen LogP contribution >= 0.6 is 0 Å². The number of esters is 1. The van der Waals surface area contributed by atoms with Crippen LogP contribution in [0.3, 0.4) is 0 Å². The van der Waals surface area contributed by atoms with Crippen molar-refractivity contribution in [2.24, 2.45) is 0 Å². The maximum Gasteiger partial charge on any atom is 0.376 e. The van der Waals surface area contributed by atoms with Gasteiger partial charge in [-0.3, -0.25) is 0 Å². The van der Waals surface area contributed by atoms with Gasteiger partial charge in [-0.25, -0.2) is 14.8 Å². The summed E-state index contributed by atoms with van der Waals surface area (Å²) in [5, 5.41) is 0. The van der Waals surface area contributed by atoms with Crippen molar-refractivity contribution in [3.8, 4) is 17.0 Å². The van der Waals surface area contributed by atoms with Crippen LogP contribution in [0.15, 0.2) is 36.5 Å². The lowest BCUT2D eigenvalue weighted by molar-refractivity contribution is 0.0587. The fourth-order valence-electron chi connectivity index (χ4n) is 1.65. The van der Waals surface area contributed by atoms with Gasteiger partial charge in [0.2, 0.25) is 5.82 Å². The first-order valence-electron chi connectivity index (χ1n) is 6.39. The number of ether oxygens (including phenoxy) is 2. The van der Waals surface area contributed by atoms with Crippen molar-refractivity contribution < 1.29 is 14.3 Å². The molecule has 2 aromatic rings. The Morgan fingerprint density at radius 2 is 1.95 bits per heavy atom. The minimum atomic E-state index is -0.547. The molecule has 0 radical (unpaired) electrons. The molecule has 20 heavy (non-hydrogen) atoms. The Bertz CT molecular complexity index is 582. The van der Waals surface area contributed by atoms with Gasteiger partial charge in [0.1, 0.15) is 5.75 Å². The maximum absolute atomic E-state index is 11.4. The third-order valence-electron chi connectivity index (χ3n) is 2.65. The van der Waals surface area contributed by atoms with E-state index in [4.69, 9.17) is 4.74 Å². The molecule has 0 N–H and O–H groups in total. The van der Waals surface area contributed by atoms with Crippen molar-refractivity contribution in [3.05, 3.63) is 42.4 Å². The van der Waals surface area contributed by atoms with Gasteiger partial charge in [-0.15, -0.1) is 0 Å². The Labute approximate surface area is 117 Å². The van der Waals surface area contributed by atoms with Crippen molar-refractivity contribution in [1.29, 1.82) is 0 Å². The molecule has 1 aromatic heterocycles. The molecule has 2 rings (SSSR count). The first-order valence-corrected chi connectivity index (χ1v) is 6.39. The summed E-state index contributed by atoms with van der Waals surface area (Å²) >= 11 is 0. The fraction of sp³-hybridized carbons (Fsp3) is 0.267. The van der Waals surface area contributed by atoms with E-state index < -0.39 is 5.97 Å². The van der Waals surface area contributed by atoms with Gasteiger partial charge in [-0.05, 0) is 36.8 Å². The van der Waals surface area contributed by atoms with Crippen molar-refractivity contribution in [1.82, 2.24) is 9.97 Å². The van der Waals surface area contributed by atoms with Crippen LogP contribution < -0.4 is 4.74 Å². The van der Waals surface area contributed by atoms with Gasteiger partial charge in [0.15, 0.2) is 0 Å². The third-order valence-corrected chi connectivity index (χ3v) is 2.65. The Morgan fingerprint density at radius 3 is 2.60 bits per heavy atom. The maximum atomic E-state index is 11.4. The van der Waals surface area contributed by atoms with Gasteiger partial charge in [0.25, 0.3) is 0 Å². The molecule has 5 nitrogen and oxygen atoms in total. The summed E-state index contributed by atoms with van der Waals surface area (Å²) in [5.41, 5.74) is 1.56. The van der Waals surface area contributed by atoms with Crippen molar-refractivity contribution in [2.45, 2.75) is 13.3 Å². The van der Waals surface area contributed by atoms with E-state index in [1.54, 1.807) is 6.07 Å². The Hall–Kier alpha value is -2.43. The molecule has 0 saturated carbocycles. The van der Waals surface area contributed by atoms with Gasteiger partial charge in [-0.2, -0.15) is 0 Å². The lowest BCUT2D eigenvalue weighted by atomic mass is 10.1. The fourth-order valence-corrected chi connectivity index (χ4v) is 1.65. The minimum Gasteiger partial charge on any atom is -0.494 e. The van der Waals surface area contributed by atoms with E-state index >= 15 is 0 Å². The normalized spacial score (nSPS) is 10.1. The third kappa shape index (κ3) is 3.32. The second-order valence-electron chi connectivity index (χ2n) is 4.13. The number of nitrogens with zero attached hydrogens (tertiary/aromatic N) is 2. The van der Waals surface area contributed by atoms with E-state index in [-0.39, 0.29) is 5.82 Å². The highest BCUT2D eigenvalue weighted by atomic mass is 16.5. The number of carbonyl (C=O) groups is 1. The molecule has 0 aliphatic heterocycles. The van der Waals surface area contributed by atoms with E-state index in [0.717, 1.165) is 17.7 Å². The van der Waals surface area contributed by atoms with Crippen LogP contribution in [0.2, 0.25) is 0 Å². The minimum absolute atomic E-state index is 0.0521. The zero-order chi connectivity index (χ0) is 14.4. The number of hydrogen-bond donors (Lipinski definition) is 0. The topological polar surface area (TPSA) is 61.3 Å². The predicted octanol–water partition coefficient (Wildman–Crippen LogP) is 2.72. The van der Waals surface area contributed by atoms with Crippen molar-refractivity contribution >= 4 is 5.97 Å². The van der Waals surface area contributed by atoms with Crippen LogP contribution in [0.25, 0.3) is 11.3 Å². The average Bonchev–Trinajstić information content (AvgIpc) is 2.52. The monoisotopic (exact) mass is 272 g/mol. The van der Waals surface area contributed by atoms with Gasteiger partial charge in [-0.1, -0.05) is 6.92 Å². The van der Waals surface area contributed by atoms with Crippen LogP contribution in [0, 0.1) is 0 Å². The zero-order valence-corrected chi connectivity index (χ0v) is 11.5. The largest absolute Gasteiger partial charge is 0.494 e. The molecule has 0 spiro atoms. The average molecular weight is 272 g/mol. The van der Waals surface area contributed by atoms with Crippen LogP contribution in [0.4, 0.5) is 0 Å². The number of carbonyl (C=O) groups excluding carboxylic acids is 1. The molecular formula is C15H16N2O3. The summed E-state index contributed by atoms with van der Waals surface area (Å²) in [6.45, 7) is 2.75. The molecule has 0 aliphatic rings. The number of hydrogen-bond acceptors (Lipinski definition) is 5. The van der Waals surface area contributed by atoms with Gasteiger partial charge in [0, 0.05) is 11.8 Å². The number of aromatic nitrogens is 2. The zero-order valence-electron chi connectivity index (χ0n) is 11.5. The number of benzene rings is 1.